The third-order valence-electron chi connectivity index (χ3n) is 4.05. The lowest BCUT2D eigenvalue weighted by atomic mass is 9.96. The van der Waals surface area contributed by atoms with E-state index in [1.165, 1.54) is 25.3 Å². The monoisotopic (exact) mass is 287 g/mol. The molecule has 1 fully saturated rings. The lowest BCUT2D eigenvalue weighted by Gasteiger charge is -2.40. The van der Waals surface area contributed by atoms with Gasteiger partial charge in [0.2, 0.25) is 0 Å². The maximum absolute atomic E-state index is 13.2. The molecule has 1 saturated heterocycles. The maximum Gasteiger partial charge on any atom is 0.159 e. The number of hydrogen-bond donors (Lipinski definition) is 0. The van der Waals surface area contributed by atoms with E-state index in [4.69, 9.17) is 11.6 Å². The molecule has 0 radical (unpaired) electrons. The second-order valence-electron chi connectivity index (χ2n) is 5.47. The first kappa shape index (κ1) is 14.7. The van der Waals surface area contributed by atoms with Gasteiger partial charge in [-0.1, -0.05) is 12.5 Å². The normalized spacial score (nSPS) is 26.4. The Kier molecular flexibility index (Phi) is 4.80. The number of benzene rings is 1. The smallest absolute Gasteiger partial charge is 0.159 e. The molecule has 4 heteroatoms. The fourth-order valence-electron chi connectivity index (χ4n) is 2.83. The summed E-state index contributed by atoms with van der Waals surface area (Å²) in [6, 6.07) is 4.90. The Balaban J connectivity index is 2.07. The van der Waals surface area contributed by atoms with Gasteiger partial charge in [-0.3, -0.25) is 4.90 Å². The summed E-state index contributed by atoms with van der Waals surface area (Å²) in [4.78, 5) is 2.36. The predicted molar refractivity (Wildman–Crippen MR) is 74.4 cm³/mol. The fraction of sp³-hybridized carbons (Fsp3) is 0.600. The van der Waals surface area contributed by atoms with Gasteiger partial charge < -0.3 is 0 Å². The first-order chi connectivity index (χ1) is 8.99. The lowest BCUT2D eigenvalue weighted by Crippen LogP contribution is -2.45. The Bertz CT molecular complexity index is 428. The molecule has 0 saturated carbocycles. The molecule has 1 nitrogen and oxygen atoms in total. The fourth-order valence-corrected chi connectivity index (χ4v) is 3.13. The average molecular weight is 288 g/mol. The predicted octanol–water partition coefficient (Wildman–Crippen LogP) is 4.51. The summed E-state index contributed by atoms with van der Waals surface area (Å²) in [6.45, 7) is 5.07. The molecular formula is C15H20ClF2N. The highest BCUT2D eigenvalue weighted by Gasteiger charge is 2.27. The highest BCUT2D eigenvalue weighted by atomic mass is 35.5. The summed E-state index contributed by atoms with van der Waals surface area (Å²) in [6.07, 6.45) is 3.59. The van der Waals surface area contributed by atoms with Crippen LogP contribution in [0.15, 0.2) is 18.2 Å². The lowest BCUT2D eigenvalue weighted by molar-refractivity contribution is 0.103. The van der Waals surface area contributed by atoms with Crippen molar-refractivity contribution in [1.82, 2.24) is 4.90 Å². The number of halogens is 3. The van der Waals surface area contributed by atoms with E-state index in [0.717, 1.165) is 6.07 Å². The minimum Gasteiger partial charge on any atom is -0.296 e. The van der Waals surface area contributed by atoms with Crippen LogP contribution in [0.25, 0.3) is 0 Å². The molecule has 3 unspecified atom stereocenters. The number of hydrogen-bond acceptors (Lipinski definition) is 1. The van der Waals surface area contributed by atoms with Crippen LogP contribution in [0, 0.1) is 11.6 Å². The van der Waals surface area contributed by atoms with Crippen LogP contribution in [0.2, 0.25) is 0 Å². The minimum atomic E-state index is -0.831. The second-order valence-corrected chi connectivity index (χ2v) is 5.99. The third-order valence-corrected chi connectivity index (χ3v) is 4.44. The van der Waals surface area contributed by atoms with Crippen molar-refractivity contribution < 1.29 is 8.78 Å². The van der Waals surface area contributed by atoms with Crippen LogP contribution in [0.3, 0.4) is 0 Å². The zero-order valence-electron chi connectivity index (χ0n) is 11.4. The number of alkyl halides is 1. The third kappa shape index (κ3) is 3.46. The molecule has 0 amide bonds. The minimum absolute atomic E-state index is 0.307. The van der Waals surface area contributed by atoms with Crippen molar-refractivity contribution in [3.05, 3.63) is 35.4 Å². The molecule has 0 N–H and O–H groups in total. The number of rotatable bonds is 3. The second kappa shape index (κ2) is 6.19. The van der Waals surface area contributed by atoms with Crippen molar-refractivity contribution in [1.29, 1.82) is 0 Å². The van der Waals surface area contributed by atoms with Crippen LogP contribution in [-0.4, -0.2) is 23.5 Å². The molecule has 1 aromatic rings. The van der Waals surface area contributed by atoms with Crippen molar-refractivity contribution in [3.63, 3.8) is 0 Å². The summed E-state index contributed by atoms with van der Waals surface area (Å²) in [5.74, 6) is -1.66. The van der Waals surface area contributed by atoms with Gasteiger partial charge in [-0.2, -0.15) is 0 Å². The molecule has 1 heterocycles. The van der Waals surface area contributed by atoms with Crippen molar-refractivity contribution in [3.8, 4) is 0 Å². The van der Waals surface area contributed by atoms with Gasteiger partial charge in [0.25, 0.3) is 0 Å². The van der Waals surface area contributed by atoms with Crippen LogP contribution in [0.4, 0.5) is 8.78 Å². The highest BCUT2D eigenvalue weighted by molar-refractivity contribution is 6.21. The van der Waals surface area contributed by atoms with Gasteiger partial charge in [0.05, 0.1) is 5.38 Å². The van der Waals surface area contributed by atoms with Crippen LogP contribution in [0.1, 0.15) is 44.1 Å². The Hall–Kier alpha value is -0.670. The van der Waals surface area contributed by atoms with E-state index in [2.05, 4.69) is 18.7 Å². The molecule has 2 rings (SSSR count). The largest absolute Gasteiger partial charge is 0.296 e. The summed E-state index contributed by atoms with van der Waals surface area (Å²) in [5.41, 5.74) is 0.644. The first-order valence-corrected chi connectivity index (χ1v) is 7.27. The van der Waals surface area contributed by atoms with E-state index in [1.54, 1.807) is 6.07 Å². The van der Waals surface area contributed by atoms with E-state index >= 15 is 0 Å². The quantitative estimate of drug-likeness (QED) is 0.740. The Morgan fingerprint density at radius 3 is 2.42 bits per heavy atom. The molecule has 106 valence electrons. The standard InChI is InChI=1S/C15H20ClF2N/c1-10-4-3-5-11(2)19(10)9-13(16)12-6-7-14(17)15(18)8-12/h6-8,10-11,13H,3-5,9H2,1-2H3. The molecule has 0 aliphatic carbocycles. The molecule has 1 aromatic carbocycles. The van der Waals surface area contributed by atoms with E-state index in [-0.39, 0.29) is 5.38 Å². The molecule has 1 aliphatic rings. The van der Waals surface area contributed by atoms with E-state index in [9.17, 15) is 8.78 Å². The Morgan fingerprint density at radius 1 is 1.21 bits per heavy atom. The highest BCUT2D eigenvalue weighted by Crippen LogP contribution is 2.29. The Morgan fingerprint density at radius 2 is 1.84 bits per heavy atom. The molecule has 1 aliphatic heterocycles. The molecular weight excluding hydrogens is 268 g/mol. The zero-order chi connectivity index (χ0) is 14.0. The summed E-state index contributed by atoms with van der Waals surface area (Å²) < 4.78 is 26.1. The summed E-state index contributed by atoms with van der Waals surface area (Å²) in [7, 11) is 0. The molecule has 19 heavy (non-hydrogen) atoms. The van der Waals surface area contributed by atoms with Gasteiger partial charge in [-0.15, -0.1) is 11.6 Å². The maximum atomic E-state index is 13.2. The Labute approximate surface area is 118 Å². The van der Waals surface area contributed by atoms with Crippen LogP contribution in [-0.2, 0) is 0 Å². The average Bonchev–Trinajstić information content (AvgIpc) is 2.37. The SMILES string of the molecule is CC1CCCC(C)N1CC(Cl)c1ccc(F)c(F)c1. The zero-order valence-corrected chi connectivity index (χ0v) is 12.1. The van der Waals surface area contributed by atoms with Gasteiger partial charge in [-0.05, 0) is 44.4 Å². The van der Waals surface area contributed by atoms with Crippen molar-refractivity contribution in [2.45, 2.75) is 50.6 Å². The molecule has 0 spiro atoms. The van der Waals surface area contributed by atoms with Crippen molar-refractivity contribution >= 4 is 11.6 Å². The molecule has 0 aromatic heterocycles. The van der Waals surface area contributed by atoms with Crippen molar-refractivity contribution in [2.75, 3.05) is 6.54 Å². The van der Waals surface area contributed by atoms with Crippen molar-refractivity contribution in [2.24, 2.45) is 0 Å². The van der Waals surface area contributed by atoms with Crippen LogP contribution in [0.5, 0.6) is 0 Å². The van der Waals surface area contributed by atoms with E-state index < -0.39 is 11.6 Å². The van der Waals surface area contributed by atoms with Gasteiger partial charge >= 0.3 is 0 Å². The van der Waals surface area contributed by atoms with Gasteiger partial charge in [0.15, 0.2) is 11.6 Å². The summed E-state index contributed by atoms with van der Waals surface area (Å²) >= 11 is 6.36. The first-order valence-electron chi connectivity index (χ1n) is 6.83. The van der Waals surface area contributed by atoms with Gasteiger partial charge in [0, 0.05) is 18.6 Å². The van der Waals surface area contributed by atoms with Gasteiger partial charge in [0.1, 0.15) is 0 Å². The van der Waals surface area contributed by atoms with E-state index in [0.29, 0.717) is 24.2 Å². The molecule has 0 bridgehead atoms. The van der Waals surface area contributed by atoms with Crippen LogP contribution < -0.4 is 0 Å². The topological polar surface area (TPSA) is 3.24 Å². The number of piperidine rings is 1. The molecule has 3 atom stereocenters. The summed E-state index contributed by atoms with van der Waals surface area (Å²) in [5, 5.41) is -0.307. The van der Waals surface area contributed by atoms with Crippen LogP contribution >= 0.6 is 11.6 Å². The van der Waals surface area contributed by atoms with E-state index in [1.807, 2.05) is 0 Å². The number of nitrogens with zero attached hydrogens (tertiary/aromatic N) is 1. The number of likely N-dealkylation sites (tertiary alicyclic amines) is 1. The van der Waals surface area contributed by atoms with Gasteiger partial charge in [-0.25, -0.2) is 8.78 Å².